The van der Waals surface area contributed by atoms with Crippen LogP contribution in [0.3, 0.4) is 0 Å². The van der Waals surface area contributed by atoms with Gasteiger partial charge in [0, 0.05) is 31.3 Å². The summed E-state index contributed by atoms with van der Waals surface area (Å²) >= 11 is 0. The predicted molar refractivity (Wildman–Crippen MR) is 70.8 cm³/mol. The Kier molecular flexibility index (Phi) is 3.51. The van der Waals surface area contributed by atoms with Crippen molar-refractivity contribution in [3.05, 3.63) is 57.2 Å². The lowest BCUT2D eigenvalue weighted by Gasteiger charge is -2.03. The molecule has 2 rings (SSSR count). The minimum Gasteiger partial charge on any atom is -0.476 e. The number of aromatic nitrogens is 2. The summed E-state index contributed by atoms with van der Waals surface area (Å²) in [6.45, 7) is 1.69. The van der Waals surface area contributed by atoms with E-state index in [0.717, 1.165) is 5.56 Å². The van der Waals surface area contributed by atoms with Crippen molar-refractivity contribution in [3.8, 4) is 0 Å². The van der Waals surface area contributed by atoms with E-state index in [9.17, 15) is 14.9 Å². The molecule has 0 aliphatic carbocycles. The molecule has 0 aliphatic heterocycles. The quantitative estimate of drug-likeness (QED) is 0.679. The van der Waals surface area contributed by atoms with Gasteiger partial charge in [-0.2, -0.15) is 0 Å². The lowest BCUT2D eigenvalue weighted by molar-refractivity contribution is -0.384. The molecule has 0 radical (unpaired) electrons. The number of nitro benzene ring substituents is 1. The third-order valence-electron chi connectivity index (χ3n) is 3.19. The van der Waals surface area contributed by atoms with Crippen molar-refractivity contribution < 1.29 is 14.8 Å². The molecular weight excluding hydrogens is 262 g/mol. The van der Waals surface area contributed by atoms with E-state index in [1.165, 1.54) is 12.1 Å². The smallest absolute Gasteiger partial charge is 0.356 e. The number of hydrogen-bond acceptors (Lipinski definition) is 4. The van der Waals surface area contributed by atoms with Gasteiger partial charge >= 0.3 is 5.97 Å². The van der Waals surface area contributed by atoms with Crippen molar-refractivity contribution in [1.82, 2.24) is 9.55 Å². The Morgan fingerprint density at radius 3 is 2.45 bits per heavy atom. The maximum atomic E-state index is 11.0. The van der Waals surface area contributed by atoms with Gasteiger partial charge in [-0.1, -0.05) is 12.1 Å². The van der Waals surface area contributed by atoms with Crippen LogP contribution in [0.2, 0.25) is 0 Å². The van der Waals surface area contributed by atoms with Gasteiger partial charge in [-0.15, -0.1) is 0 Å². The summed E-state index contributed by atoms with van der Waals surface area (Å²) in [5.74, 6) is -0.457. The molecule has 2 aromatic rings. The van der Waals surface area contributed by atoms with Gasteiger partial charge in [-0.25, -0.2) is 9.78 Å². The Bertz CT molecular complexity index is 674. The molecule has 0 saturated heterocycles. The highest BCUT2D eigenvalue weighted by Crippen LogP contribution is 2.16. The Balaban J connectivity index is 2.28. The molecule has 0 unspecified atom stereocenters. The standard InChI is InChI=1S/C13H13N3O4/c1-8-12(13(17)18)14-11(15(8)2)7-9-3-5-10(6-4-9)16(19)20/h3-6H,7H2,1-2H3,(H,17,18). The molecule has 0 spiro atoms. The van der Waals surface area contributed by atoms with Crippen LogP contribution in [0.5, 0.6) is 0 Å². The van der Waals surface area contributed by atoms with Gasteiger partial charge in [0.1, 0.15) is 5.82 Å². The largest absolute Gasteiger partial charge is 0.476 e. The zero-order chi connectivity index (χ0) is 14.9. The van der Waals surface area contributed by atoms with Crippen LogP contribution in [-0.4, -0.2) is 25.6 Å². The molecule has 1 N–H and O–H groups in total. The average Bonchev–Trinajstić information content (AvgIpc) is 2.68. The number of aromatic carboxylic acids is 1. The fraction of sp³-hybridized carbons (Fsp3) is 0.231. The highest BCUT2D eigenvalue weighted by atomic mass is 16.6. The van der Waals surface area contributed by atoms with Gasteiger partial charge in [0.25, 0.3) is 5.69 Å². The first-order valence-electron chi connectivity index (χ1n) is 5.89. The molecule has 1 aromatic heterocycles. The zero-order valence-electron chi connectivity index (χ0n) is 11.0. The van der Waals surface area contributed by atoms with Crippen LogP contribution >= 0.6 is 0 Å². The molecule has 0 fully saturated rings. The van der Waals surface area contributed by atoms with Gasteiger partial charge in [-0.05, 0) is 12.5 Å². The van der Waals surface area contributed by atoms with Crippen molar-refractivity contribution in [2.45, 2.75) is 13.3 Å². The van der Waals surface area contributed by atoms with E-state index in [1.807, 2.05) is 0 Å². The highest BCUT2D eigenvalue weighted by molar-refractivity contribution is 5.86. The minimum absolute atomic E-state index is 0.0241. The Morgan fingerprint density at radius 2 is 2.00 bits per heavy atom. The molecule has 7 heteroatoms. The number of nitro groups is 1. The molecule has 1 aromatic carbocycles. The zero-order valence-corrected chi connectivity index (χ0v) is 11.0. The lowest BCUT2D eigenvalue weighted by atomic mass is 10.1. The number of carboxylic acids is 1. The number of non-ortho nitro benzene ring substituents is 1. The second-order valence-corrected chi connectivity index (χ2v) is 4.43. The first kappa shape index (κ1) is 13.7. The molecule has 20 heavy (non-hydrogen) atoms. The first-order chi connectivity index (χ1) is 9.40. The number of nitrogens with zero attached hydrogens (tertiary/aromatic N) is 3. The fourth-order valence-electron chi connectivity index (χ4n) is 1.92. The van der Waals surface area contributed by atoms with Crippen molar-refractivity contribution in [3.63, 3.8) is 0 Å². The Hall–Kier alpha value is -2.70. The summed E-state index contributed by atoms with van der Waals surface area (Å²) in [6, 6.07) is 6.12. The van der Waals surface area contributed by atoms with Gasteiger partial charge in [0.05, 0.1) is 4.92 Å². The van der Waals surface area contributed by atoms with Crippen molar-refractivity contribution in [2.75, 3.05) is 0 Å². The van der Waals surface area contributed by atoms with Crippen molar-refractivity contribution in [1.29, 1.82) is 0 Å². The van der Waals surface area contributed by atoms with E-state index in [4.69, 9.17) is 5.11 Å². The van der Waals surface area contributed by atoms with E-state index >= 15 is 0 Å². The maximum absolute atomic E-state index is 11.0. The van der Waals surface area contributed by atoms with E-state index in [0.29, 0.717) is 17.9 Å². The number of hydrogen-bond donors (Lipinski definition) is 1. The van der Waals surface area contributed by atoms with Crippen LogP contribution < -0.4 is 0 Å². The Labute approximate surface area is 114 Å². The highest BCUT2D eigenvalue weighted by Gasteiger charge is 2.17. The van der Waals surface area contributed by atoms with Gasteiger partial charge in [0.15, 0.2) is 5.69 Å². The summed E-state index contributed by atoms with van der Waals surface area (Å²) in [5, 5.41) is 19.6. The second kappa shape index (κ2) is 5.12. The first-order valence-corrected chi connectivity index (χ1v) is 5.89. The van der Waals surface area contributed by atoms with Crippen molar-refractivity contribution in [2.24, 2.45) is 7.05 Å². The van der Waals surface area contributed by atoms with Crippen LogP contribution in [0, 0.1) is 17.0 Å². The normalized spacial score (nSPS) is 10.5. The van der Waals surface area contributed by atoms with E-state index in [1.54, 1.807) is 30.7 Å². The second-order valence-electron chi connectivity index (χ2n) is 4.43. The molecule has 0 amide bonds. The number of carboxylic acid groups (broad SMARTS) is 1. The average molecular weight is 275 g/mol. The van der Waals surface area contributed by atoms with E-state index in [2.05, 4.69) is 4.98 Å². The number of rotatable bonds is 4. The molecule has 104 valence electrons. The summed E-state index contributed by atoms with van der Waals surface area (Å²) in [7, 11) is 1.75. The molecule has 0 bridgehead atoms. The summed E-state index contributed by atoms with van der Waals surface area (Å²) in [6.07, 6.45) is 0.419. The third-order valence-corrected chi connectivity index (χ3v) is 3.19. The molecule has 7 nitrogen and oxygen atoms in total. The lowest BCUT2D eigenvalue weighted by Crippen LogP contribution is -2.01. The van der Waals surface area contributed by atoms with Gasteiger partial charge < -0.3 is 9.67 Å². The van der Waals surface area contributed by atoms with Crippen LogP contribution in [0.1, 0.15) is 27.6 Å². The van der Waals surface area contributed by atoms with Gasteiger partial charge in [0.2, 0.25) is 0 Å². The summed E-state index contributed by atoms with van der Waals surface area (Å²) < 4.78 is 1.71. The van der Waals surface area contributed by atoms with Crippen LogP contribution in [0.4, 0.5) is 5.69 Å². The number of carbonyl (C=O) groups is 1. The predicted octanol–water partition coefficient (Wildman–Crippen LogP) is 1.93. The van der Waals surface area contributed by atoms with Crippen molar-refractivity contribution >= 4 is 11.7 Å². The van der Waals surface area contributed by atoms with Gasteiger partial charge in [-0.3, -0.25) is 10.1 Å². The molecule has 0 saturated carbocycles. The van der Waals surface area contributed by atoms with E-state index < -0.39 is 10.9 Å². The van der Waals surface area contributed by atoms with E-state index in [-0.39, 0.29) is 11.4 Å². The molecule has 0 atom stereocenters. The molecule has 0 aliphatic rings. The third kappa shape index (κ3) is 2.51. The fourth-order valence-corrected chi connectivity index (χ4v) is 1.92. The molecule has 1 heterocycles. The molecular formula is C13H13N3O4. The monoisotopic (exact) mass is 275 g/mol. The number of imidazole rings is 1. The maximum Gasteiger partial charge on any atom is 0.356 e. The number of benzene rings is 1. The van der Waals surface area contributed by atoms with Crippen LogP contribution in [-0.2, 0) is 13.5 Å². The summed E-state index contributed by atoms with van der Waals surface area (Å²) in [5.41, 5.74) is 1.47. The Morgan fingerprint density at radius 1 is 1.40 bits per heavy atom. The summed E-state index contributed by atoms with van der Waals surface area (Å²) in [4.78, 5) is 25.2. The van der Waals surface area contributed by atoms with Crippen LogP contribution in [0.15, 0.2) is 24.3 Å². The SMILES string of the molecule is Cc1c(C(=O)O)nc(Cc2ccc([N+](=O)[O-])cc2)n1C. The minimum atomic E-state index is -1.06. The van der Waals surface area contributed by atoms with Crippen LogP contribution in [0.25, 0.3) is 0 Å². The topological polar surface area (TPSA) is 98.3 Å².